The summed E-state index contributed by atoms with van der Waals surface area (Å²) >= 11 is 0. The SMILES string of the molecule is CCN(CC)C(=O)c1cccc2c(CCO)c[nH]c12. The summed E-state index contributed by atoms with van der Waals surface area (Å²) in [5.74, 6) is 0.0491. The van der Waals surface area contributed by atoms with E-state index in [0.717, 1.165) is 16.5 Å². The van der Waals surface area contributed by atoms with Crippen LogP contribution in [0, 0.1) is 0 Å². The van der Waals surface area contributed by atoms with Crippen LogP contribution in [0.1, 0.15) is 29.8 Å². The van der Waals surface area contributed by atoms with Gasteiger partial charge in [-0.3, -0.25) is 4.79 Å². The highest BCUT2D eigenvalue weighted by Crippen LogP contribution is 2.23. The lowest BCUT2D eigenvalue weighted by Gasteiger charge is -2.19. The van der Waals surface area contributed by atoms with Gasteiger partial charge in [-0.1, -0.05) is 12.1 Å². The van der Waals surface area contributed by atoms with Gasteiger partial charge in [-0.05, 0) is 31.9 Å². The van der Waals surface area contributed by atoms with E-state index >= 15 is 0 Å². The van der Waals surface area contributed by atoms with E-state index in [9.17, 15) is 4.79 Å². The molecule has 0 saturated carbocycles. The van der Waals surface area contributed by atoms with Crippen LogP contribution >= 0.6 is 0 Å². The number of rotatable bonds is 5. The van der Waals surface area contributed by atoms with Crippen LogP contribution in [-0.4, -0.2) is 40.6 Å². The molecule has 19 heavy (non-hydrogen) atoms. The van der Waals surface area contributed by atoms with E-state index in [0.29, 0.717) is 25.1 Å². The molecule has 1 aromatic carbocycles. The first-order valence-electron chi connectivity index (χ1n) is 6.72. The highest BCUT2D eigenvalue weighted by atomic mass is 16.3. The van der Waals surface area contributed by atoms with Crippen LogP contribution < -0.4 is 0 Å². The third kappa shape index (κ3) is 2.49. The number of aliphatic hydroxyl groups excluding tert-OH is 1. The lowest BCUT2D eigenvalue weighted by Crippen LogP contribution is -2.30. The summed E-state index contributed by atoms with van der Waals surface area (Å²) in [6, 6.07) is 5.73. The van der Waals surface area contributed by atoms with Gasteiger partial charge in [-0.2, -0.15) is 0 Å². The molecule has 1 amide bonds. The van der Waals surface area contributed by atoms with Crippen molar-refractivity contribution in [1.29, 1.82) is 0 Å². The van der Waals surface area contributed by atoms with Gasteiger partial charge in [0.1, 0.15) is 0 Å². The van der Waals surface area contributed by atoms with Gasteiger partial charge in [0.25, 0.3) is 5.91 Å². The minimum atomic E-state index is 0.0491. The first-order chi connectivity index (χ1) is 9.22. The van der Waals surface area contributed by atoms with Crippen LogP contribution in [0.2, 0.25) is 0 Å². The molecular formula is C15H20N2O2. The Hall–Kier alpha value is -1.81. The van der Waals surface area contributed by atoms with E-state index in [2.05, 4.69) is 4.98 Å². The fourth-order valence-corrected chi connectivity index (χ4v) is 2.40. The molecule has 2 aromatic rings. The number of carbonyl (C=O) groups is 1. The smallest absolute Gasteiger partial charge is 0.255 e. The molecule has 4 heteroatoms. The van der Waals surface area contributed by atoms with Gasteiger partial charge in [0.15, 0.2) is 0 Å². The molecule has 2 N–H and O–H groups in total. The van der Waals surface area contributed by atoms with Crippen LogP contribution in [0.3, 0.4) is 0 Å². The van der Waals surface area contributed by atoms with Crippen LogP contribution in [0.25, 0.3) is 10.9 Å². The number of benzene rings is 1. The molecule has 0 aliphatic rings. The Morgan fingerprint density at radius 3 is 2.68 bits per heavy atom. The molecule has 0 fully saturated rings. The monoisotopic (exact) mass is 260 g/mol. The number of aliphatic hydroxyl groups is 1. The van der Waals surface area contributed by atoms with Gasteiger partial charge in [-0.25, -0.2) is 0 Å². The number of amides is 1. The summed E-state index contributed by atoms with van der Waals surface area (Å²) in [4.78, 5) is 17.4. The molecule has 0 unspecified atom stereocenters. The zero-order chi connectivity index (χ0) is 13.8. The maximum atomic E-state index is 12.4. The second kappa shape index (κ2) is 5.89. The molecule has 0 atom stereocenters. The van der Waals surface area contributed by atoms with Crippen molar-refractivity contribution in [3.63, 3.8) is 0 Å². The minimum absolute atomic E-state index is 0.0491. The fraction of sp³-hybridized carbons (Fsp3) is 0.400. The number of nitrogens with one attached hydrogen (secondary N) is 1. The van der Waals surface area contributed by atoms with Crippen molar-refractivity contribution in [2.75, 3.05) is 19.7 Å². The Kier molecular flexibility index (Phi) is 4.22. The molecule has 0 radical (unpaired) electrons. The Bertz CT molecular complexity index is 571. The average Bonchev–Trinajstić information content (AvgIpc) is 2.84. The highest BCUT2D eigenvalue weighted by Gasteiger charge is 2.17. The lowest BCUT2D eigenvalue weighted by atomic mass is 10.1. The van der Waals surface area contributed by atoms with Crippen molar-refractivity contribution in [1.82, 2.24) is 9.88 Å². The summed E-state index contributed by atoms with van der Waals surface area (Å²) in [7, 11) is 0. The molecule has 1 aromatic heterocycles. The molecule has 1 heterocycles. The van der Waals surface area contributed by atoms with Gasteiger partial charge >= 0.3 is 0 Å². The largest absolute Gasteiger partial charge is 0.396 e. The first-order valence-corrected chi connectivity index (χ1v) is 6.72. The van der Waals surface area contributed by atoms with Crippen molar-refractivity contribution in [2.24, 2.45) is 0 Å². The molecule has 0 saturated heterocycles. The predicted octanol–water partition coefficient (Wildman–Crippen LogP) is 2.18. The van der Waals surface area contributed by atoms with Crippen LogP contribution in [-0.2, 0) is 6.42 Å². The molecule has 2 rings (SSSR count). The summed E-state index contributed by atoms with van der Waals surface area (Å²) < 4.78 is 0. The number of carbonyl (C=O) groups excluding carboxylic acids is 1. The number of H-pyrrole nitrogens is 1. The van der Waals surface area contributed by atoms with Crippen molar-refractivity contribution in [3.8, 4) is 0 Å². The summed E-state index contributed by atoms with van der Waals surface area (Å²) in [6.07, 6.45) is 2.48. The van der Waals surface area contributed by atoms with Gasteiger partial charge in [0.2, 0.25) is 0 Å². The van der Waals surface area contributed by atoms with Crippen molar-refractivity contribution in [3.05, 3.63) is 35.5 Å². The van der Waals surface area contributed by atoms with E-state index in [-0.39, 0.29) is 12.5 Å². The van der Waals surface area contributed by atoms with E-state index in [1.807, 2.05) is 38.2 Å². The van der Waals surface area contributed by atoms with Crippen molar-refractivity contribution in [2.45, 2.75) is 20.3 Å². The number of nitrogens with zero attached hydrogens (tertiary/aromatic N) is 1. The summed E-state index contributed by atoms with van der Waals surface area (Å²) in [5.41, 5.74) is 2.61. The predicted molar refractivity (Wildman–Crippen MR) is 76.3 cm³/mol. The van der Waals surface area contributed by atoms with Crippen LogP contribution in [0.4, 0.5) is 0 Å². The Labute approximate surface area is 113 Å². The topological polar surface area (TPSA) is 56.3 Å². The molecule has 0 spiro atoms. The van der Waals surface area contributed by atoms with Crippen LogP contribution in [0.5, 0.6) is 0 Å². The molecule has 0 aliphatic heterocycles. The number of hydrogen-bond acceptors (Lipinski definition) is 2. The molecule has 4 nitrogen and oxygen atoms in total. The average molecular weight is 260 g/mol. The number of fused-ring (bicyclic) bond motifs is 1. The summed E-state index contributed by atoms with van der Waals surface area (Å²) in [5, 5.41) is 10.1. The summed E-state index contributed by atoms with van der Waals surface area (Å²) in [6.45, 7) is 5.48. The second-order valence-corrected chi connectivity index (χ2v) is 4.49. The quantitative estimate of drug-likeness (QED) is 0.865. The molecular weight excluding hydrogens is 240 g/mol. The first kappa shape index (κ1) is 13.6. The molecule has 0 aliphatic carbocycles. The van der Waals surface area contributed by atoms with Gasteiger partial charge in [0.05, 0.1) is 11.1 Å². The zero-order valence-electron chi connectivity index (χ0n) is 11.4. The van der Waals surface area contributed by atoms with Gasteiger partial charge in [-0.15, -0.1) is 0 Å². The third-order valence-corrected chi connectivity index (χ3v) is 3.46. The maximum Gasteiger partial charge on any atom is 0.255 e. The maximum absolute atomic E-state index is 12.4. The van der Waals surface area contributed by atoms with E-state index < -0.39 is 0 Å². The normalized spacial score (nSPS) is 10.9. The second-order valence-electron chi connectivity index (χ2n) is 4.49. The fourth-order valence-electron chi connectivity index (χ4n) is 2.40. The molecule has 102 valence electrons. The van der Waals surface area contributed by atoms with Crippen molar-refractivity contribution < 1.29 is 9.90 Å². The minimum Gasteiger partial charge on any atom is -0.396 e. The number of para-hydroxylation sites is 1. The van der Waals surface area contributed by atoms with Crippen molar-refractivity contribution >= 4 is 16.8 Å². The number of hydrogen-bond donors (Lipinski definition) is 2. The highest BCUT2D eigenvalue weighted by molar-refractivity contribution is 6.06. The van der Waals surface area contributed by atoms with E-state index in [1.54, 1.807) is 4.90 Å². The zero-order valence-corrected chi connectivity index (χ0v) is 11.4. The number of aromatic amines is 1. The Morgan fingerprint density at radius 2 is 2.05 bits per heavy atom. The number of aromatic nitrogens is 1. The van der Waals surface area contributed by atoms with E-state index in [1.165, 1.54) is 0 Å². The standard InChI is InChI=1S/C15H20N2O2/c1-3-17(4-2)15(19)13-7-5-6-12-11(8-9-18)10-16-14(12)13/h5-7,10,16,18H,3-4,8-9H2,1-2H3. The van der Waals surface area contributed by atoms with Gasteiger partial charge in [0, 0.05) is 31.3 Å². The van der Waals surface area contributed by atoms with E-state index in [4.69, 9.17) is 5.11 Å². The Balaban J connectivity index is 2.47. The third-order valence-electron chi connectivity index (χ3n) is 3.46. The lowest BCUT2D eigenvalue weighted by molar-refractivity contribution is 0.0775. The molecule has 0 bridgehead atoms. The Morgan fingerprint density at radius 1 is 1.32 bits per heavy atom. The van der Waals surface area contributed by atoms with Crippen LogP contribution in [0.15, 0.2) is 24.4 Å². The van der Waals surface area contributed by atoms with Gasteiger partial charge < -0.3 is 15.0 Å².